The summed E-state index contributed by atoms with van der Waals surface area (Å²) in [5.41, 5.74) is 2.22. The maximum absolute atomic E-state index is 11.7. The second kappa shape index (κ2) is 5.66. The molecule has 1 saturated heterocycles. The fraction of sp³-hybridized carbons (Fsp3) is 0.467. The summed E-state index contributed by atoms with van der Waals surface area (Å²) in [6.45, 7) is 3.39. The highest BCUT2D eigenvalue weighted by Crippen LogP contribution is 2.27. The summed E-state index contributed by atoms with van der Waals surface area (Å²) in [4.78, 5) is 16.3. The second-order valence-corrected chi connectivity index (χ2v) is 5.83. The topological polar surface area (TPSA) is 53.3 Å². The number of imidazole rings is 1. The van der Waals surface area contributed by atoms with E-state index >= 15 is 0 Å². The number of ether oxygens (including phenoxy) is 2. The van der Waals surface area contributed by atoms with Crippen molar-refractivity contribution in [1.29, 1.82) is 0 Å². The lowest BCUT2D eigenvalue weighted by Gasteiger charge is -2.27. The van der Waals surface area contributed by atoms with Crippen LogP contribution in [0.25, 0.3) is 11.0 Å². The number of aromatic nitrogens is 2. The lowest BCUT2D eigenvalue weighted by atomic mass is 10.1. The highest BCUT2D eigenvalue weighted by molar-refractivity contribution is 6.20. The molecule has 5 nitrogen and oxygen atoms in total. The number of benzene rings is 1. The molecule has 1 aliphatic heterocycles. The molecule has 21 heavy (non-hydrogen) atoms. The molecule has 0 N–H and O–H groups in total. The van der Waals surface area contributed by atoms with Gasteiger partial charge in [0.25, 0.3) is 0 Å². The number of hydrogen-bond donors (Lipinski definition) is 0. The first-order valence-electron chi connectivity index (χ1n) is 6.94. The van der Waals surface area contributed by atoms with E-state index in [0.717, 1.165) is 29.9 Å². The molecule has 1 aromatic heterocycles. The Morgan fingerprint density at radius 1 is 1.62 bits per heavy atom. The lowest BCUT2D eigenvalue weighted by molar-refractivity contribution is -0.0590. The molecule has 0 amide bonds. The number of halogens is 1. The molecular weight excluding hydrogens is 292 g/mol. The molecule has 1 aliphatic rings. The Balaban J connectivity index is 2.08. The first-order chi connectivity index (χ1) is 10.1. The molecule has 0 radical (unpaired) electrons. The highest BCUT2D eigenvalue weighted by atomic mass is 35.5. The van der Waals surface area contributed by atoms with Crippen molar-refractivity contribution in [1.82, 2.24) is 9.55 Å². The van der Waals surface area contributed by atoms with Crippen LogP contribution < -0.4 is 0 Å². The Hall–Kier alpha value is -1.59. The third-order valence-electron chi connectivity index (χ3n) is 3.73. The molecule has 0 aliphatic carbocycles. The molecule has 1 aromatic carbocycles. The van der Waals surface area contributed by atoms with Crippen LogP contribution in [0.5, 0.6) is 0 Å². The number of alkyl halides is 1. The van der Waals surface area contributed by atoms with Crippen molar-refractivity contribution >= 4 is 28.6 Å². The van der Waals surface area contributed by atoms with Crippen molar-refractivity contribution in [3.05, 3.63) is 29.6 Å². The molecule has 3 rings (SSSR count). The third-order valence-corrected chi connectivity index (χ3v) is 3.93. The smallest absolute Gasteiger partial charge is 0.337 e. The van der Waals surface area contributed by atoms with Gasteiger partial charge >= 0.3 is 5.97 Å². The summed E-state index contributed by atoms with van der Waals surface area (Å²) < 4.78 is 12.3. The number of esters is 1. The molecule has 2 aromatic rings. The fourth-order valence-corrected chi connectivity index (χ4v) is 2.68. The lowest BCUT2D eigenvalue weighted by Crippen LogP contribution is -2.31. The van der Waals surface area contributed by atoms with Gasteiger partial charge in [-0.1, -0.05) is 0 Å². The number of nitrogens with zero attached hydrogens (tertiary/aromatic N) is 2. The van der Waals surface area contributed by atoms with Gasteiger partial charge in [-0.25, -0.2) is 9.78 Å². The van der Waals surface area contributed by atoms with Crippen LogP contribution in [0.1, 0.15) is 34.9 Å². The van der Waals surface area contributed by atoms with Crippen molar-refractivity contribution in [2.45, 2.75) is 31.4 Å². The SMILES string of the molecule is COC(=O)c1ccc2nc([C@H](C)Cl)n(C[C@@H]3CCO3)c2c1. The van der Waals surface area contributed by atoms with Gasteiger partial charge in [0, 0.05) is 6.61 Å². The Kier molecular flexibility index (Phi) is 3.87. The van der Waals surface area contributed by atoms with Gasteiger partial charge in [-0.15, -0.1) is 11.6 Å². The largest absolute Gasteiger partial charge is 0.465 e. The summed E-state index contributed by atoms with van der Waals surface area (Å²) >= 11 is 6.24. The van der Waals surface area contributed by atoms with Crippen LogP contribution in [0.2, 0.25) is 0 Å². The molecule has 0 unspecified atom stereocenters. The van der Waals surface area contributed by atoms with Gasteiger partial charge in [0.15, 0.2) is 0 Å². The highest BCUT2D eigenvalue weighted by Gasteiger charge is 2.23. The van der Waals surface area contributed by atoms with Crippen LogP contribution in [0.3, 0.4) is 0 Å². The molecule has 6 heteroatoms. The summed E-state index contributed by atoms with van der Waals surface area (Å²) in [5, 5.41) is -0.209. The van der Waals surface area contributed by atoms with E-state index in [9.17, 15) is 4.79 Å². The average Bonchev–Trinajstić information content (AvgIpc) is 2.80. The maximum atomic E-state index is 11.7. The summed E-state index contributed by atoms with van der Waals surface area (Å²) in [7, 11) is 1.37. The number of fused-ring (bicyclic) bond motifs is 1. The second-order valence-electron chi connectivity index (χ2n) is 5.17. The quantitative estimate of drug-likeness (QED) is 0.644. The van der Waals surface area contributed by atoms with Crippen molar-refractivity contribution < 1.29 is 14.3 Å². The minimum absolute atomic E-state index is 0.193. The van der Waals surface area contributed by atoms with Gasteiger partial charge in [-0.2, -0.15) is 0 Å². The van der Waals surface area contributed by atoms with Crippen LogP contribution in [-0.4, -0.2) is 35.3 Å². The van der Waals surface area contributed by atoms with E-state index in [4.69, 9.17) is 21.1 Å². The molecule has 112 valence electrons. The van der Waals surface area contributed by atoms with Gasteiger partial charge in [0.1, 0.15) is 5.82 Å². The van der Waals surface area contributed by atoms with Crippen LogP contribution in [0.4, 0.5) is 0 Å². The zero-order valence-electron chi connectivity index (χ0n) is 12.0. The van der Waals surface area contributed by atoms with Gasteiger partial charge < -0.3 is 14.0 Å². The predicted octanol–water partition coefficient (Wildman–Crippen LogP) is 2.91. The molecule has 0 saturated carbocycles. The number of methoxy groups -OCH3 is 1. The van der Waals surface area contributed by atoms with Crippen molar-refractivity contribution in [2.75, 3.05) is 13.7 Å². The Morgan fingerprint density at radius 2 is 2.38 bits per heavy atom. The van der Waals surface area contributed by atoms with E-state index in [-0.39, 0.29) is 17.5 Å². The van der Waals surface area contributed by atoms with Gasteiger partial charge in [0.05, 0.1) is 41.7 Å². The number of carbonyl (C=O) groups is 1. The van der Waals surface area contributed by atoms with E-state index in [1.165, 1.54) is 7.11 Å². The minimum Gasteiger partial charge on any atom is -0.465 e. The summed E-state index contributed by atoms with van der Waals surface area (Å²) in [6.07, 6.45) is 1.23. The first kappa shape index (κ1) is 14.4. The van der Waals surface area contributed by atoms with E-state index in [2.05, 4.69) is 4.98 Å². The van der Waals surface area contributed by atoms with E-state index in [1.807, 2.05) is 17.6 Å². The fourth-order valence-electron chi connectivity index (χ4n) is 2.51. The van der Waals surface area contributed by atoms with Crippen LogP contribution in [0, 0.1) is 0 Å². The molecule has 1 fully saturated rings. The van der Waals surface area contributed by atoms with Crippen molar-refractivity contribution in [3.8, 4) is 0 Å². The Bertz CT molecular complexity index is 677. The average molecular weight is 309 g/mol. The van der Waals surface area contributed by atoms with E-state index < -0.39 is 0 Å². The minimum atomic E-state index is -0.356. The predicted molar refractivity (Wildman–Crippen MR) is 79.7 cm³/mol. The number of carbonyl (C=O) groups excluding carboxylic acids is 1. The van der Waals surface area contributed by atoms with E-state index in [0.29, 0.717) is 12.1 Å². The summed E-state index contributed by atoms with van der Waals surface area (Å²) in [6, 6.07) is 5.34. The van der Waals surface area contributed by atoms with Gasteiger partial charge in [-0.3, -0.25) is 0 Å². The van der Waals surface area contributed by atoms with Crippen molar-refractivity contribution in [2.24, 2.45) is 0 Å². The van der Waals surface area contributed by atoms with Crippen LogP contribution in [-0.2, 0) is 16.0 Å². The Labute approximate surface area is 127 Å². The monoisotopic (exact) mass is 308 g/mol. The van der Waals surface area contributed by atoms with E-state index in [1.54, 1.807) is 12.1 Å². The Morgan fingerprint density at radius 3 is 2.95 bits per heavy atom. The van der Waals surface area contributed by atoms with Crippen molar-refractivity contribution in [3.63, 3.8) is 0 Å². The maximum Gasteiger partial charge on any atom is 0.337 e. The van der Waals surface area contributed by atoms with Gasteiger partial charge in [-0.05, 0) is 31.5 Å². The summed E-state index contributed by atoms with van der Waals surface area (Å²) in [5.74, 6) is 0.439. The van der Waals surface area contributed by atoms with Crippen LogP contribution >= 0.6 is 11.6 Å². The van der Waals surface area contributed by atoms with Crippen LogP contribution in [0.15, 0.2) is 18.2 Å². The standard InChI is InChI=1S/C15H17ClN2O3/c1-9(16)14-17-12-4-3-10(15(19)20-2)7-13(12)18(14)8-11-5-6-21-11/h3-4,7,9,11H,5-6,8H2,1-2H3/t9-,11-/m0/s1. The van der Waals surface area contributed by atoms with Gasteiger partial charge in [0.2, 0.25) is 0 Å². The molecule has 0 spiro atoms. The molecule has 0 bridgehead atoms. The molecule has 2 heterocycles. The normalized spacial score (nSPS) is 19.3. The zero-order chi connectivity index (χ0) is 15.0. The molecular formula is C15H17ClN2O3. The number of hydrogen-bond acceptors (Lipinski definition) is 4. The first-order valence-corrected chi connectivity index (χ1v) is 7.38. The zero-order valence-corrected chi connectivity index (χ0v) is 12.8. The third kappa shape index (κ3) is 2.63. The molecule has 2 atom stereocenters. The number of rotatable bonds is 4.